The molecule has 0 fully saturated rings. The van der Waals surface area contributed by atoms with Crippen LogP contribution < -0.4 is 10.9 Å². The predicted molar refractivity (Wildman–Crippen MR) is 78.9 cm³/mol. The number of rotatable bonds is 5. The summed E-state index contributed by atoms with van der Waals surface area (Å²) in [4.78, 5) is 28.7. The van der Waals surface area contributed by atoms with Crippen LogP contribution in [0.2, 0.25) is 0 Å². The fourth-order valence-electron chi connectivity index (χ4n) is 1.53. The van der Waals surface area contributed by atoms with Crippen molar-refractivity contribution >= 4 is 39.2 Å². The molecule has 5 nitrogen and oxygen atoms in total. The maximum atomic E-state index is 12.3. The zero-order chi connectivity index (χ0) is 13.8. The van der Waals surface area contributed by atoms with Crippen LogP contribution in [-0.2, 0) is 11.3 Å². The Hall–Kier alpha value is -1.60. The molecule has 0 spiro atoms. The lowest BCUT2D eigenvalue weighted by Crippen LogP contribution is -2.24. The average Bonchev–Trinajstić information content (AvgIpc) is 2.88. The molecule has 2 heterocycles. The van der Waals surface area contributed by atoms with Gasteiger partial charge in [0.05, 0.1) is 11.1 Å². The summed E-state index contributed by atoms with van der Waals surface area (Å²) in [6.45, 7) is 4.03. The van der Waals surface area contributed by atoms with Crippen molar-refractivity contribution in [2.75, 3.05) is 12.8 Å². The van der Waals surface area contributed by atoms with Crippen molar-refractivity contribution in [1.82, 2.24) is 14.9 Å². The molecule has 1 amide bonds. The largest absolute Gasteiger partial charge is 0.358 e. The molecule has 0 atom stereocenters. The highest BCUT2D eigenvalue weighted by atomic mass is 32.2. The fraction of sp³-hybridized carbons (Fsp3) is 0.250. The van der Waals surface area contributed by atoms with E-state index in [2.05, 4.69) is 16.9 Å². The monoisotopic (exact) mass is 295 g/mol. The smallest absolute Gasteiger partial charge is 0.263 e. The van der Waals surface area contributed by atoms with E-state index in [0.29, 0.717) is 21.9 Å². The number of hydrogen-bond donors (Lipinski definition) is 1. The lowest BCUT2D eigenvalue weighted by molar-refractivity contribution is -0.118. The van der Waals surface area contributed by atoms with Gasteiger partial charge in [0.25, 0.3) is 5.56 Å². The van der Waals surface area contributed by atoms with Gasteiger partial charge in [0.1, 0.15) is 4.83 Å². The van der Waals surface area contributed by atoms with Crippen molar-refractivity contribution in [2.24, 2.45) is 0 Å². The molecule has 0 radical (unpaired) electrons. The molecule has 0 bridgehead atoms. The lowest BCUT2D eigenvalue weighted by atomic mass is 10.4. The van der Waals surface area contributed by atoms with E-state index < -0.39 is 0 Å². The van der Waals surface area contributed by atoms with Gasteiger partial charge >= 0.3 is 0 Å². The first-order chi connectivity index (χ1) is 9.17. The van der Waals surface area contributed by atoms with Crippen molar-refractivity contribution in [1.29, 1.82) is 0 Å². The molecule has 2 aromatic rings. The second-order valence-electron chi connectivity index (χ2n) is 3.70. The zero-order valence-corrected chi connectivity index (χ0v) is 12.0. The first kappa shape index (κ1) is 13.8. The summed E-state index contributed by atoms with van der Waals surface area (Å²) in [5.74, 6) is 0.132. The zero-order valence-electron chi connectivity index (χ0n) is 10.4. The van der Waals surface area contributed by atoms with Crippen LogP contribution in [0.3, 0.4) is 0 Å². The van der Waals surface area contributed by atoms with E-state index in [0.717, 1.165) is 0 Å². The van der Waals surface area contributed by atoms with Gasteiger partial charge in [0.2, 0.25) is 5.91 Å². The van der Waals surface area contributed by atoms with Gasteiger partial charge in [-0.2, -0.15) is 0 Å². The predicted octanol–water partition coefficient (Wildman–Crippen LogP) is 1.48. The Kier molecular flexibility index (Phi) is 4.39. The van der Waals surface area contributed by atoms with E-state index in [1.54, 1.807) is 19.2 Å². The van der Waals surface area contributed by atoms with Gasteiger partial charge < -0.3 is 5.32 Å². The third kappa shape index (κ3) is 2.87. The van der Waals surface area contributed by atoms with Crippen LogP contribution in [0, 0.1) is 0 Å². The van der Waals surface area contributed by atoms with Crippen LogP contribution >= 0.6 is 23.1 Å². The normalized spacial score (nSPS) is 10.6. The van der Waals surface area contributed by atoms with Crippen molar-refractivity contribution < 1.29 is 4.79 Å². The second-order valence-corrected chi connectivity index (χ2v) is 5.54. The van der Waals surface area contributed by atoms with Crippen molar-refractivity contribution in [3.8, 4) is 0 Å². The number of nitrogens with one attached hydrogen (secondary N) is 1. The third-order valence-electron chi connectivity index (χ3n) is 2.47. The number of carbonyl (C=O) groups is 1. The molecule has 19 heavy (non-hydrogen) atoms. The minimum absolute atomic E-state index is 0.0921. The molecule has 2 rings (SSSR count). The Labute approximate surface area is 118 Å². The molecule has 2 aromatic heterocycles. The molecule has 0 aliphatic heterocycles. The quantitative estimate of drug-likeness (QED) is 0.515. The summed E-state index contributed by atoms with van der Waals surface area (Å²) in [6, 6.07) is 1.77. The van der Waals surface area contributed by atoms with Crippen LogP contribution in [0.15, 0.2) is 34.1 Å². The summed E-state index contributed by atoms with van der Waals surface area (Å²) >= 11 is 2.67. The highest BCUT2D eigenvalue weighted by molar-refractivity contribution is 7.99. The number of fused-ring (bicyclic) bond motifs is 1. The standard InChI is InChI=1S/C12H13N3O2S2/c1-3-5-15-11(17)8-4-6-18-10(8)14-12(15)19-7-9(16)13-2/h3-4,6H,1,5,7H2,2H3,(H,13,16). The fourth-order valence-corrected chi connectivity index (χ4v) is 3.22. The van der Waals surface area contributed by atoms with Gasteiger partial charge in [-0.15, -0.1) is 17.9 Å². The van der Waals surface area contributed by atoms with Gasteiger partial charge in [-0.3, -0.25) is 14.2 Å². The van der Waals surface area contributed by atoms with E-state index in [1.807, 2.05) is 5.38 Å². The molecule has 100 valence electrons. The maximum Gasteiger partial charge on any atom is 0.263 e. The van der Waals surface area contributed by atoms with Crippen LogP contribution in [0.5, 0.6) is 0 Å². The highest BCUT2D eigenvalue weighted by Crippen LogP contribution is 2.20. The Balaban J connectivity index is 2.44. The van der Waals surface area contributed by atoms with Gasteiger partial charge in [-0.1, -0.05) is 17.8 Å². The van der Waals surface area contributed by atoms with Gasteiger partial charge in [-0.25, -0.2) is 4.98 Å². The average molecular weight is 295 g/mol. The van der Waals surface area contributed by atoms with Gasteiger partial charge in [0.15, 0.2) is 5.16 Å². The number of allylic oxidation sites excluding steroid dienone is 1. The molecule has 0 aliphatic rings. The molecule has 7 heteroatoms. The number of thioether (sulfide) groups is 1. The van der Waals surface area contributed by atoms with Crippen molar-refractivity contribution in [3.63, 3.8) is 0 Å². The Bertz CT molecular complexity index is 675. The summed E-state index contributed by atoms with van der Waals surface area (Å²) in [6.07, 6.45) is 1.64. The number of hydrogen-bond acceptors (Lipinski definition) is 5. The molecule has 0 unspecified atom stereocenters. The SMILES string of the molecule is C=CCn1c(SCC(=O)NC)nc2sccc2c1=O. The summed E-state index contributed by atoms with van der Waals surface area (Å²) in [5.41, 5.74) is -0.0921. The van der Waals surface area contributed by atoms with Crippen LogP contribution in [0.25, 0.3) is 10.2 Å². The molecule has 0 aromatic carbocycles. The van der Waals surface area contributed by atoms with E-state index in [-0.39, 0.29) is 17.2 Å². The highest BCUT2D eigenvalue weighted by Gasteiger charge is 2.12. The number of nitrogens with zero attached hydrogens (tertiary/aromatic N) is 2. The molecule has 0 aliphatic carbocycles. The Morgan fingerprint density at radius 1 is 1.68 bits per heavy atom. The van der Waals surface area contributed by atoms with Crippen molar-refractivity contribution in [3.05, 3.63) is 34.5 Å². The molecular weight excluding hydrogens is 282 g/mol. The molecule has 0 saturated heterocycles. The molecule has 1 N–H and O–H groups in total. The van der Waals surface area contributed by atoms with Crippen LogP contribution in [-0.4, -0.2) is 28.3 Å². The van der Waals surface area contributed by atoms with E-state index in [4.69, 9.17) is 0 Å². The Morgan fingerprint density at radius 3 is 3.16 bits per heavy atom. The summed E-state index contributed by atoms with van der Waals surface area (Å²) < 4.78 is 1.54. The molecule has 0 saturated carbocycles. The minimum atomic E-state index is -0.101. The topological polar surface area (TPSA) is 64.0 Å². The van der Waals surface area contributed by atoms with Crippen LogP contribution in [0.4, 0.5) is 0 Å². The lowest BCUT2D eigenvalue weighted by Gasteiger charge is -2.09. The second kappa shape index (κ2) is 6.03. The number of carbonyl (C=O) groups excluding carboxylic acids is 1. The Morgan fingerprint density at radius 2 is 2.47 bits per heavy atom. The summed E-state index contributed by atoms with van der Waals surface area (Å²) in [7, 11) is 1.58. The summed E-state index contributed by atoms with van der Waals surface area (Å²) in [5, 5.41) is 5.53. The number of thiophene rings is 1. The van der Waals surface area contributed by atoms with Gasteiger partial charge in [-0.05, 0) is 11.4 Å². The number of aromatic nitrogens is 2. The number of amides is 1. The van der Waals surface area contributed by atoms with Crippen LogP contribution in [0.1, 0.15) is 0 Å². The minimum Gasteiger partial charge on any atom is -0.358 e. The van der Waals surface area contributed by atoms with E-state index >= 15 is 0 Å². The van der Waals surface area contributed by atoms with Gasteiger partial charge in [0, 0.05) is 13.6 Å². The molecular formula is C12H13N3O2S2. The van der Waals surface area contributed by atoms with Crippen molar-refractivity contribution in [2.45, 2.75) is 11.7 Å². The first-order valence-corrected chi connectivity index (χ1v) is 7.46. The van der Waals surface area contributed by atoms with E-state index in [9.17, 15) is 9.59 Å². The third-order valence-corrected chi connectivity index (χ3v) is 4.25. The first-order valence-electron chi connectivity index (χ1n) is 5.59. The maximum absolute atomic E-state index is 12.3. The van der Waals surface area contributed by atoms with E-state index in [1.165, 1.54) is 27.7 Å².